The van der Waals surface area contributed by atoms with Crippen molar-refractivity contribution in [3.63, 3.8) is 0 Å². The zero-order valence-electron chi connectivity index (χ0n) is 14.4. The molecule has 26 heavy (non-hydrogen) atoms. The van der Waals surface area contributed by atoms with E-state index in [2.05, 4.69) is 5.32 Å². The van der Waals surface area contributed by atoms with Crippen LogP contribution in [0.1, 0.15) is 24.1 Å². The molecule has 3 rings (SSSR count). The zero-order valence-corrected chi connectivity index (χ0v) is 15.2. The van der Waals surface area contributed by atoms with E-state index >= 15 is 0 Å². The van der Waals surface area contributed by atoms with Gasteiger partial charge in [0, 0.05) is 17.5 Å². The van der Waals surface area contributed by atoms with Crippen molar-refractivity contribution in [3.05, 3.63) is 75.1 Å². The van der Waals surface area contributed by atoms with Crippen LogP contribution in [0, 0.1) is 6.92 Å². The molecule has 1 N–H and O–H groups in total. The average molecular weight is 372 g/mol. The standard InChI is InChI=1S/C20H18ClNO4/c1-12-8-20(24)26-17-10-18(16(21)9-15(12)17)25-11-19(23)22-13(2)14-6-4-3-5-7-14/h3-10,13H,11H2,1-2H3,(H,22,23)/t13-/m1/s1. The number of hydrogen-bond acceptors (Lipinski definition) is 4. The van der Waals surface area contributed by atoms with Crippen LogP contribution in [-0.2, 0) is 4.79 Å². The smallest absolute Gasteiger partial charge is 0.336 e. The number of carbonyl (C=O) groups is 1. The van der Waals surface area contributed by atoms with E-state index in [1.54, 1.807) is 13.0 Å². The summed E-state index contributed by atoms with van der Waals surface area (Å²) in [6.45, 7) is 3.50. The Morgan fingerprint density at radius 1 is 1.23 bits per heavy atom. The zero-order chi connectivity index (χ0) is 18.7. The number of halogens is 1. The molecule has 6 heteroatoms. The van der Waals surface area contributed by atoms with Gasteiger partial charge < -0.3 is 14.5 Å². The molecule has 0 radical (unpaired) electrons. The minimum Gasteiger partial charge on any atom is -0.482 e. The van der Waals surface area contributed by atoms with Crippen LogP contribution >= 0.6 is 11.6 Å². The lowest BCUT2D eigenvalue weighted by atomic mass is 10.1. The second-order valence-electron chi connectivity index (χ2n) is 6.02. The van der Waals surface area contributed by atoms with Crippen LogP contribution in [0.5, 0.6) is 5.75 Å². The van der Waals surface area contributed by atoms with Crippen LogP contribution in [0.15, 0.2) is 57.7 Å². The Labute approximate surface area is 155 Å². The lowest BCUT2D eigenvalue weighted by Crippen LogP contribution is -2.31. The first kappa shape index (κ1) is 18.0. The minimum absolute atomic E-state index is 0.139. The number of carbonyl (C=O) groups excluding carboxylic acids is 1. The summed E-state index contributed by atoms with van der Waals surface area (Å²) in [5.41, 5.74) is 1.69. The van der Waals surface area contributed by atoms with Crippen molar-refractivity contribution >= 4 is 28.5 Å². The highest BCUT2D eigenvalue weighted by molar-refractivity contribution is 6.32. The van der Waals surface area contributed by atoms with Crippen molar-refractivity contribution in [2.45, 2.75) is 19.9 Å². The largest absolute Gasteiger partial charge is 0.482 e. The van der Waals surface area contributed by atoms with Gasteiger partial charge in [-0.05, 0) is 31.0 Å². The molecule has 5 nitrogen and oxygen atoms in total. The van der Waals surface area contributed by atoms with Gasteiger partial charge in [0.25, 0.3) is 5.91 Å². The van der Waals surface area contributed by atoms with E-state index in [4.69, 9.17) is 20.8 Å². The third-order valence-electron chi connectivity index (χ3n) is 4.04. The molecule has 0 saturated carbocycles. The molecule has 1 aromatic heterocycles. The van der Waals surface area contributed by atoms with Gasteiger partial charge in [0.05, 0.1) is 11.1 Å². The van der Waals surface area contributed by atoms with Gasteiger partial charge in [-0.3, -0.25) is 4.79 Å². The number of aryl methyl sites for hydroxylation is 1. The first-order valence-corrected chi connectivity index (χ1v) is 8.53. The van der Waals surface area contributed by atoms with E-state index in [9.17, 15) is 9.59 Å². The third-order valence-corrected chi connectivity index (χ3v) is 4.34. The van der Waals surface area contributed by atoms with Gasteiger partial charge in [-0.15, -0.1) is 0 Å². The lowest BCUT2D eigenvalue weighted by Gasteiger charge is -2.15. The fourth-order valence-corrected chi connectivity index (χ4v) is 2.90. The van der Waals surface area contributed by atoms with Gasteiger partial charge in [-0.1, -0.05) is 41.9 Å². The Balaban J connectivity index is 1.70. The Morgan fingerprint density at radius 3 is 2.69 bits per heavy atom. The number of benzene rings is 2. The molecule has 0 aliphatic rings. The molecule has 0 bridgehead atoms. The number of fused-ring (bicyclic) bond motifs is 1. The first-order valence-electron chi connectivity index (χ1n) is 8.15. The predicted octanol–water partition coefficient (Wildman–Crippen LogP) is 4.01. The fourth-order valence-electron chi connectivity index (χ4n) is 2.68. The molecular weight excluding hydrogens is 354 g/mol. The molecule has 134 valence electrons. The number of rotatable bonds is 5. The van der Waals surface area contributed by atoms with Gasteiger partial charge in [-0.2, -0.15) is 0 Å². The van der Waals surface area contributed by atoms with Crippen molar-refractivity contribution in [1.82, 2.24) is 5.32 Å². The number of ether oxygens (including phenoxy) is 1. The minimum atomic E-state index is -0.447. The lowest BCUT2D eigenvalue weighted by molar-refractivity contribution is -0.123. The van der Waals surface area contributed by atoms with Crippen LogP contribution in [-0.4, -0.2) is 12.5 Å². The van der Waals surface area contributed by atoms with Crippen molar-refractivity contribution in [3.8, 4) is 5.75 Å². The maximum absolute atomic E-state index is 12.1. The molecule has 1 amide bonds. The Bertz CT molecular complexity index is 998. The molecular formula is C20H18ClNO4. The maximum Gasteiger partial charge on any atom is 0.336 e. The van der Waals surface area contributed by atoms with E-state index in [0.29, 0.717) is 10.6 Å². The van der Waals surface area contributed by atoms with Gasteiger partial charge in [0.15, 0.2) is 6.61 Å². The van der Waals surface area contributed by atoms with Gasteiger partial charge in [-0.25, -0.2) is 4.79 Å². The van der Waals surface area contributed by atoms with E-state index in [1.165, 1.54) is 12.1 Å². The SMILES string of the molecule is Cc1cc(=O)oc2cc(OCC(=O)N[C@H](C)c3ccccc3)c(Cl)cc12. The number of nitrogens with one attached hydrogen (secondary N) is 1. The van der Waals surface area contributed by atoms with Crippen LogP contribution in [0.25, 0.3) is 11.0 Å². The van der Waals surface area contributed by atoms with E-state index in [-0.39, 0.29) is 24.3 Å². The first-order chi connectivity index (χ1) is 12.4. The summed E-state index contributed by atoms with van der Waals surface area (Å²) in [6.07, 6.45) is 0. The van der Waals surface area contributed by atoms with E-state index in [1.807, 2.05) is 37.3 Å². The van der Waals surface area contributed by atoms with Crippen molar-refractivity contribution in [2.24, 2.45) is 0 Å². The molecule has 1 heterocycles. The predicted molar refractivity (Wildman–Crippen MR) is 101 cm³/mol. The molecule has 2 aromatic carbocycles. The molecule has 3 aromatic rings. The summed E-state index contributed by atoms with van der Waals surface area (Å²) < 4.78 is 10.7. The Morgan fingerprint density at radius 2 is 1.96 bits per heavy atom. The summed E-state index contributed by atoms with van der Waals surface area (Å²) >= 11 is 6.22. The van der Waals surface area contributed by atoms with Crippen molar-refractivity contribution in [1.29, 1.82) is 0 Å². The van der Waals surface area contributed by atoms with Crippen LogP contribution in [0.2, 0.25) is 5.02 Å². The summed E-state index contributed by atoms with van der Waals surface area (Å²) in [5.74, 6) is 0.0126. The fraction of sp³-hybridized carbons (Fsp3) is 0.200. The molecule has 1 atom stereocenters. The Hall–Kier alpha value is -2.79. The summed E-state index contributed by atoms with van der Waals surface area (Å²) in [5, 5.41) is 3.93. The van der Waals surface area contributed by atoms with Crippen molar-refractivity contribution < 1.29 is 13.9 Å². The topological polar surface area (TPSA) is 68.5 Å². The monoisotopic (exact) mass is 371 g/mol. The van der Waals surface area contributed by atoms with E-state index in [0.717, 1.165) is 16.5 Å². The van der Waals surface area contributed by atoms with Crippen molar-refractivity contribution in [2.75, 3.05) is 6.61 Å². The van der Waals surface area contributed by atoms with Gasteiger partial charge in [0.1, 0.15) is 11.3 Å². The highest BCUT2D eigenvalue weighted by atomic mass is 35.5. The van der Waals surface area contributed by atoms with E-state index < -0.39 is 5.63 Å². The molecule has 0 aliphatic carbocycles. The second-order valence-corrected chi connectivity index (χ2v) is 6.42. The van der Waals surface area contributed by atoms with Crippen LogP contribution < -0.4 is 15.7 Å². The van der Waals surface area contributed by atoms with Gasteiger partial charge in [0.2, 0.25) is 0 Å². The molecule has 0 fully saturated rings. The normalized spacial score (nSPS) is 12.0. The highest BCUT2D eigenvalue weighted by Crippen LogP contribution is 2.31. The average Bonchev–Trinajstić information content (AvgIpc) is 2.61. The highest BCUT2D eigenvalue weighted by Gasteiger charge is 2.13. The van der Waals surface area contributed by atoms with Crippen LogP contribution in [0.4, 0.5) is 0 Å². The third kappa shape index (κ3) is 4.06. The quantitative estimate of drug-likeness (QED) is 0.688. The van der Waals surface area contributed by atoms with Gasteiger partial charge >= 0.3 is 5.63 Å². The number of amides is 1. The molecule has 0 spiro atoms. The summed E-state index contributed by atoms with van der Waals surface area (Å²) in [6, 6.07) is 14.1. The molecule has 0 saturated heterocycles. The number of hydrogen-bond donors (Lipinski definition) is 1. The van der Waals surface area contributed by atoms with Crippen LogP contribution in [0.3, 0.4) is 0 Å². The maximum atomic E-state index is 12.1. The molecule has 0 aliphatic heterocycles. The summed E-state index contributed by atoms with van der Waals surface area (Å²) in [4.78, 5) is 23.6. The Kier molecular flexibility index (Phi) is 5.28. The summed E-state index contributed by atoms with van der Waals surface area (Å²) in [7, 11) is 0. The molecule has 0 unspecified atom stereocenters. The second kappa shape index (κ2) is 7.62.